The number of sulfonamides is 1. The molecule has 1 heterocycles. The number of amides is 1. The van der Waals surface area contributed by atoms with E-state index in [1.807, 2.05) is 0 Å². The van der Waals surface area contributed by atoms with Gasteiger partial charge in [0, 0.05) is 29.8 Å². The van der Waals surface area contributed by atoms with E-state index in [9.17, 15) is 22.8 Å². The number of piperidine rings is 1. The molecule has 1 aliphatic heterocycles. The number of benzene rings is 3. The zero-order valence-corrected chi connectivity index (χ0v) is 19.0. The van der Waals surface area contributed by atoms with Gasteiger partial charge in [-0.3, -0.25) is 14.4 Å². The first-order valence-corrected chi connectivity index (χ1v) is 12.5. The average molecular weight is 475 g/mol. The van der Waals surface area contributed by atoms with Crippen LogP contribution in [0, 0.1) is 5.92 Å². The number of carbonyl (C=O) groups is 3. The van der Waals surface area contributed by atoms with Crippen LogP contribution in [0.2, 0.25) is 0 Å². The summed E-state index contributed by atoms with van der Waals surface area (Å²) in [4.78, 5) is 39.5. The number of hydrogen-bond donors (Lipinski definition) is 1. The van der Waals surface area contributed by atoms with Gasteiger partial charge < -0.3 is 5.32 Å². The molecule has 34 heavy (non-hydrogen) atoms. The monoisotopic (exact) mass is 474 g/mol. The zero-order chi connectivity index (χ0) is 23.9. The molecular weight excluding hydrogens is 452 g/mol. The van der Waals surface area contributed by atoms with Crippen molar-refractivity contribution in [1.82, 2.24) is 4.31 Å². The van der Waals surface area contributed by atoms with Gasteiger partial charge in [0.2, 0.25) is 15.9 Å². The predicted molar refractivity (Wildman–Crippen MR) is 126 cm³/mol. The second-order valence-corrected chi connectivity index (χ2v) is 10.4. The molecule has 1 aliphatic carbocycles. The molecule has 0 aromatic heterocycles. The van der Waals surface area contributed by atoms with Crippen LogP contribution in [0.15, 0.2) is 77.7 Å². The van der Waals surface area contributed by atoms with Crippen molar-refractivity contribution in [1.29, 1.82) is 0 Å². The van der Waals surface area contributed by atoms with Gasteiger partial charge in [0.05, 0.1) is 22.1 Å². The highest BCUT2D eigenvalue weighted by Crippen LogP contribution is 2.33. The first-order valence-electron chi connectivity index (χ1n) is 11.1. The lowest BCUT2D eigenvalue weighted by Crippen LogP contribution is -2.43. The number of ketones is 2. The van der Waals surface area contributed by atoms with E-state index >= 15 is 0 Å². The lowest BCUT2D eigenvalue weighted by molar-refractivity contribution is -0.120. The Morgan fingerprint density at radius 3 is 2.21 bits per heavy atom. The molecule has 0 radical (unpaired) electrons. The van der Waals surface area contributed by atoms with Crippen LogP contribution in [0.4, 0.5) is 5.69 Å². The van der Waals surface area contributed by atoms with Crippen molar-refractivity contribution < 1.29 is 22.8 Å². The number of carbonyl (C=O) groups excluding carboxylic acids is 3. The van der Waals surface area contributed by atoms with Crippen LogP contribution >= 0.6 is 0 Å². The van der Waals surface area contributed by atoms with Gasteiger partial charge in [0.25, 0.3) is 0 Å². The number of rotatable bonds is 4. The van der Waals surface area contributed by atoms with Crippen molar-refractivity contribution in [2.24, 2.45) is 5.92 Å². The van der Waals surface area contributed by atoms with Gasteiger partial charge in [-0.1, -0.05) is 54.6 Å². The van der Waals surface area contributed by atoms with Gasteiger partial charge in [-0.05, 0) is 31.0 Å². The summed E-state index contributed by atoms with van der Waals surface area (Å²) >= 11 is 0. The summed E-state index contributed by atoms with van der Waals surface area (Å²) in [7, 11) is -3.71. The third-order valence-electron chi connectivity index (χ3n) is 6.35. The normalized spacial score (nSPS) is 18.2. The number of anilines is 1. The van der Waals surface area contributed by atoms with Gasteiger partial charge in [-0.25, -0.2) is 8.42 Å². The van der Waals surface area contributed by atoms with E-state index in [0.717, 1.165) is 0 Å². The van der Waals surface area contributed by atoms with Crippen molar-refractivity contribution in [3.05, 3.63) is 95.1 Å². The Bertz CT molecular complexity index is 1420. The predicted octanol–water partition coefficient (Wildman–Crippen LogP) is 3.50. The fourth-order valence-electron chi connectivity index (χ4n) is 4.60. The van der Waals surface area contributed by atoms with Crippen molar-refractivity contribution in [2.45, 2.75) is 17.7 Å². The maximum absolute atomic E-state index is 13.2. The molecule has 1 saturated heterocycles. The summed E-state index contributed by atoms with van der Waals surface area (Å²) in [5.74, 6) is -1.54. The molecular formula is C26H22N2O5S. The number of fused-ring (bicyclic) bond motifs is 2. The van der Waals surface area contributed by atoms with E-state index in [-0.39, 0.29) is 45.7 Å². The van der Waals surface area contributed by atoms with Crippen molar-refractivity contribution >= 4 is 33.2 Å². The molecule has 0 spiro atoms. The molecule has 2 aliphatic rings. The quantitative estimate of drug-likeness (QED) is 0.488. The maximum Gasteiger partial charge on any atom is 0.243 e. The van der Waals surface area contributed by atoms with Crippen LogP contribution in [-0.2, 0) is 14.8 Å². The second-order valence-electron chi connectivity index (χ2n) is 8.44. The molecule has 1 unspecified atom stereocenters. The largest absolute Gasteiger partial charge is 0.325 e. The highest BCUT2D eigenvalue weighted by molar-refractivity contribution is 7.89. The smallest absolute Gasteiger partial charge is 0.243 e. The lowest BCUT2D eigenvalue weighted by atomic mass is 9.83. The van der Waals surface area contributed by atoms with Crippen molar-refractivity contribution in [3.63, 3.8) is 0 Å². The van der Waals surface area contributed by atoms with E-state index < -0.39 is 15.9 Å². The number of nitrogens with one attached hydrogen (secondary N) is 1. The fourth-order valence-corrected chi connectivity index (χ4v) is 6.15. The lowest BCUT2D eigenvalue weighted by Gasteiger charge is -2.31. The fraction of sp³-hybridized carbons (Fsp3) is 0.192. The molecule has 1 fully saturated rings. The minimum absolute atomic E-state index is 0.0494. The third kappa shape index (κ3) is 3.74. The van der Waals surface area contributed by atoms with E-state index in [4.69, 9.17) is 0 Å². The van der Waals surface area contributed by atoms with Gasteiger partial charge in [0.15, 0.2) is 11.6 Å². The molecule has 1 N–H and O–H groups in total. The standard InChI is InChI=1S/C26H22N2O5S/c29-24-19-11-4-5-12-20(19)25(30)23-21(24)13-6-14-22(23)27-26(31)17-8-7-15-28(16-17)34(32,33)18-9-2-1-3-10-18/h1-6,9-14,17H,7-8,15-16H2,(H,27,31). The Morgan fingerprint density at radius 2 is 1.47 bits per heavy atom. The molecule has 3 aromatic carbocycles. The van der Waals surface area contributed by atoms with E-state index in [1.54, 1.807) is 60.7 Å². The Hall–Kier alpha value is -3.62. The van der Waals surface area contributed by atoms with E-state index in [0.29, 0.717) is 30.5 Å². The maximum atomic E-state index is 13.2. The first kappa shape index (κ1) is 22.2. The zero-order valence-electron chi connectivity index (χ0n) is 18.2. The van der Waals surface area contributed by atoms with Gasteiger partial charge in [-0.15, -0.1) is 0 Å². The minimum Gasteiger partial charge on any atom is -0.325 e. The Labute approximate surface area is 197 Å². The summed E-state index contributed by atoms with van der Waals surface area (Å²) in [6.45, 7) is 0.388. The van der Waals surface area contributed by atoms with Crippen LogP contribution in [-0.4, -0.2) is 43.3 Å². The van der Waals surface area contributed by atoms with Crippen LogP contribution in [0.25, 0.3) is 0 Å². The highest BCUT2D eigenvalue weighted by atomic mass is 32.2. The van der Waals surface area contributed by atoms with Crippen molar-refractivity contribution in [3.8, 4) is 0 Å². The van der Waals surface area contributed by atoms with Gasteiger partial charge in [0.1, 0.15) is 0 Å². The molecule has 7 nitrogen and oxygen atoms in total. The van der Waals surface area contributed by atoms with Crippen LogP contribution in [0.1, 0.15) is 44.7 Å². The average Bonchev–Trinajstić information content (AvgIpc) is 2.88. The summed E-state index contributed by atoms with van der Waals surface area (Å²) in [5, 5.41) is 2.80. The molecule has 0 bridgehead atoms. The highest BCUT2D eigenvalue weighted by Gasteiger charge is 2.35. The van der Waals surface area contributed by atoms with E-state index in [2.05, 4.69) is 5.32 Å². The molecule has 8 heteroatoms. The second kappa shape index (κ2) is 8.62. The van der Waals surface area contributed by atoms with Gasteiger partial charge >= 0.3 is 0 Å². The van der Waals surface area contributed by atoms with Crippen LogP contribution in [0.3, 0.4) is 0 Å². The first-order chi connectivity index (χ1) is 16.4. The molecule has 1 amide bonds. The Balaban J connectivity index is 1.40. The molecule has 5 rings (SSSR count). The Morgan fingerprint density at radius 1 is 0.824 bits per heavy atom. The summed E-state index contributed by atoms with van der Waals surface area (Å²) in [6, 6.07) is 19.6. The van der Waals surface area contributed by atoms with E-state index in [1.165, 1.54) is 16.4 Å². The molecule has 1 atom stereocenters. The summed E-state index contributed by atoms with van der Waals surface area (Å²) in [5.41, 5.74) is 1.33. The number of hydrogen-bond acceptors (Lipinski definition) is 5. The minimum atomic E-state index is -3.71. The molecule has 3 aromatic rings. The van der Waals surface area contributed by atoms with Gasteiger partial charge in [-0.2, -0.15) is 4.31 Å². The molecule has 172 valence electrons. The topological polar surface area (TPSA) is 101 Å². The summed E-state index contributed by atoms with van der Waals surface area (Å²) < 4.78 is 27.4. The summed E-state index contributed by atoms with van der Waals surface area (Å²) in [6.07, 6.45) is 1.07. The Kier molecular flexibility index (Phi) is 5.63. The SMILES string of the molecule is O=C1c2ccccc2C(=O)c2c(NC(=O)C3CCCN(S(=O)(=O)c4ccccc4)C3)cccc21. The van der Waals surface area contributed by atoms with Crippen molar-refractivity contribution in [2.75, 3.05) is 18.4 Å². The number of nitrogens with zero attached hydrogens (tertiary/aromatic N) is 1. The third-order valence-corrected chi connectivity index (χ3v) is 8.23. The van der Waals surface area contributed by atoms with Crippen LogP contribution in [0.5, 0.6) is 0 Å². The molecule has 0 saturated carbocycles. The van der Waals surface area contributed by atoms with Crippen LogP contribution < -0.4 is 5.32 Å².